The predicted octanol–water partition coefficient (Wildman–Crippen LogP) is 3.20. The van der Waals surface area contributed by atoms with Crippen LogP contribution in [0.5, 0.6) is 0 Å². The van der Waals surface area contributed by atoms with Crippen molar-refractivity contribution in [2.45, 2.75) is 32.7 Å². The molecule has 8 nitrogen and oxygen atoms in total. The molecule has 36 heavy (non-hydrogen) atoms. The lowest BCUT2D eigenvalue weighted by atomic mass is 10.1. The van der Waals surface area contributed by atoms with Crippen molar-refractivity contribution < 1.29 is 9.18 Å². The first-order valence-corrected chi connectivity index (χ1v) is 13.3. The van der Waals surface area contributed by atoms with Crippen molar-refractivity contribution in [1.29, 1.82) is 0 Å². The van der Waals surface area contributed by atoms with Gasteiger partial charge in [-0.25, -0.2) is 9.37 Å². The molecule has 190 valence electrons. The number of benzene rings is 1. The fourth-order valence-corrected chi connectivity index (χ4v) is 6.14. The lowest BCUT2D eigenvalue weighted by Crippen LogP contribution is -2.37. The molecule has 1 atom stereocenters. The number of amides is 1. The molecule has 10 heteroatoms. The predicted molar refractivity (Wildman–Crippen MR) is 144 cm³/mol. The average molecular weight is 511 g/mol. The summed E-state index contributed by atoms with van der Waals surface area (Å²) in [5, 5.41) is 3.01. The number of nitrogens with zero attached hydrogens (tertiary/aromatic N) is 4. The van der Waals surface area contributed by atoms with Gasteiger partial charge < -0.3 is 20.9 Å². The number of pyridine rings is 2. The van der Waals surface area contributed by atoms with Crippen LogP contribution in [0.4, 0.5) is 10.2 Å². The van der Waals surface area contributed by atoms with Crippen molar-refractivity contribution in [3.63, 3.8) is 0 Å². The standard InChI is InChI=1S/C26H31FN6O2S/c1-3-11-31(4-2)13-10-29-25(35)21-22(34)17-14-18(27)24(32-12-9-16(28)15-32)30-23(17)33-19-7-5-6-8-20(19)36-26(21)33/h5-8,14,16H,3-4,9-13,15,28H2,1-2H3,(H,29,35). The lowest BCUT2D eigenvalue weighted by Gasteiger charge is -2.20. The van der Waals surface area contributed by atoms with E-state index in [-0.39, 0.29) is 22.8 Å². The maximum atomic E-state index is 15.3. The summed E-state index contributed by atoms with van der Waals surface area (Å²) in [7, 11) is 0. The number of carbonyl (C=O) groups excluding carboxylic acids is 1. The quantitative estimate of drug-likeness (QED) is 0.378. The number of aromatic nitrogens is 2. The first-order valence-electron chi connectivity index (χ1n) is 12.5. The lowest BCUT2D eigenvalue weighted by molar-refractivity contribution is 0.0949. The van der Waals surface area contributed by atoms with E-state index in [1.165, 1.54) is 17.4 Å². The Labute approximate surface area is 212 Å². The van der Waals surface area contributed by atoms with Crippen LogP contribution < -0.4 is 21.4 Å². The molecular formula is C26H31FN6O2S. The van der Waals surface area contributed by atoms with E-state index in [4.69, 9.17) is 5.73 Å². The summed E-state index contributed by atoms with van der Waals surface area (Å²) in [5.74, 6) is -0.849. The van der Waals surface area contributed by atoms with Crippen LogP contribution in [0.3, 0.4) is 0 Å². The van der Waals surface area contributed by atoms with E-state index < -0.39 is 17.2 Å². The number of nitrogens with two attached hydrogens (primary N) is 1. The van der Waals surface area contributed by atoms with Gasteiger partial charge in [-0.05, 0) is 44.1 Å². The van der Waals surface area contributed by atoms with Crippen molar-refractivity contribution in [3.8, 4) is 0 Å². The molecule has 1 fully saturated rings. The molecule has 4 aromatic rings. The average Bonchev–Trinajstić information content (AvgIpc) is 3.47. The first-order chi connectivity index (χ1) is 17.4. The third-order valence-electron chi connectivity index (χ3n) is 6.80. The molecule has 0 aliphatic carbocycles. The topological polar surface area (TPSA) is 96.0 Å². The van der Waals surface area contributed by atoms with Crippen LogP contribution in [-0.2, 0) is 0 Å². The zero-order valence-electron chi connectivity index (χ0n) is 20.6. The fourth-order valence-electron chi connectivity index (χ4n) is 4.96. The van der Waals surface area contributed by atoms with Gasteiger partial charge in [0.2, 0.25) is 5.43 Å². The Bertz CT molecular complexity index is 1500. The SMILES string of the molecule is CCCN(CC)CCNC(=O)c1c(=O)c2cc(F)c(N3CCC(N)C3)nc2n2c1sc1ccccc12. The number of fused-ring (bicyclic) bond motifs is 5. The van der Waals surface area contributed by atoms with Crippen molar-refractivity contribution in [2.24, 2.45) is 5.73 Å². The van der Waals surface area contributed by atoms with Crippen LogP contribution in [0.15, 0.2) is 35.1 Å². The van der Waals surface area contributed by atoms with Gasteiger partial charge in [-0.15, -0.1) is 11.3 Å². The number of hydrogen-bond donors (Lipinski definition) is 2. The van der Waals surface area contributed by atoms with Crippen LogP contribution >= 0.6 is 11.3 Å². The van der Waals surface area contributed by atoms with Crippen LogP contribution in [0.25, 0.3) is 26.1 Å². The van der Waals surface area contributed by atoms with Gasteiger partial charge in [-0.3, -0.25) is 14.0 Å². The van der Waals surface area contributed by atoms with Crippen molar-refractivity contribution >= 4 is 49.1 Å². The molecular weight excluding hydrogens is 479 g/mol. The Hall–Kier alpha value is -3.08. The van der Waals surface area contributed by atoms with E-state index in [1.807, 2.05) is 33.6 Å². The van der Waals surface area contributed by atoms with Crippen LogP contribution in [-0.4, -0.2) is 65.5 Å². The number of likely N-dealkylation sites (N-methyl/N-ethyl adjacent to an activating group) is 1. The number of carbonyl (C=O) groups is 1. The number of hydrogen-bond acceptors (Lipinski definition) is 7. The molecule has 0 bridgehead atoms. The van der Waals surface area contributed by atoms with E-state index in [0.717, 1.165) is 36.1 Å². The van der Waals surface area contributed by atoms with Crippen molar-refractivity contribution in [2.75, 3.05) is 44.2 Å². The molecule has 0 radical (unpaired) electrons. The van der Waals surface area contributed by atoms with E-state index in [1.54, 1.807) is 0 Å². The largest absolute Gasteiger partial charge is 0.353 e. The third kappa shape index (κ3) is 4.33. The summed E-state index contributed by atoms with van der Waals surface area (Å²) in [6, 6.07) is 8.85. The summed E-state index contributed by atoms with van der Waals surface area (Å²) in [6.45, 7) is 8.25. The molecule has 0 saturated carbocycles. The molecule has 1 aliphatic rings. The summed E-state index contributed by atoms with van der Waals surface area (Å²) in [4.78, 5) is 36.2. The molecule has 1 aliphatic heterocycles. The van der Waals surface area contributed by atoms with Crippen LogP contribution in [0.1, 0.15) is 37.0 Å². The number of anilines is 1. The molecule has 3 N–H and O–H groups in total. The van der Waals surface area contributed by atoms with Gasteiger partial charge in [0.05, 0.1) is 15.6 Å². The van der Waals surface area contributed by atoms with E-state index >= 15 is 4.39 Å². The minimum atomic E-state index is -0.585. The normalized spacial score (nSPS) is 16.1. The smallest absolute Gasteiger partial charge is 0.258 e. The Morgan fingerprint density at radius 2 is 2.11 bits per heavy atom. The monoisotopic (exact) mass is 510 g/mol. The Morgan fingerprint density at radius 1 is 1.31 bits per heavy atom. The molecule has 3 aromatic heterocycles. The first kappa shape index (κ1) is 24.6. The highest BCUT2D eigenvalue weighted by Crippen LogP contribution is 2.32. The highest BCUT2D eigenvalue weighted by atomic mass is 32.1. The van der Waals surface area contributed by atoms with Gasteiger partial charge in [-0.2, -0.15) is 0 Å². The van der Waals surface area contributed by atoms with E-state index in [0.29, 0.717) is 36.7 Å². The molecule has 1 amide bonds. The van der Waals surface area contributed by atoms with Gasteiger partial charge in [0.25, 0.3) is 5.91 Å². The fraction of sp³-hybridized carbons (Fsp3) is 0.423. The van der Waals surface area contributed by atoms with Gasteiger partial charge in [-0.1, -0.05) is 26.0 Å². The molecule has 1 aromatic carbocycles. The Kier molecular flexibility index (Phi) is 6.92. The van der Waals surface area contributed by atoms with Gasteiger partial charge >= 0.3 is 0 Å². The number of halogens is 1. The molecule has 1 unspecified atom stereocenters. The van der Waals surface area contributed by atoms with Gasteiger partial charge in [0.1, 0.15) is 10.4 Å². The second-order valence-electron chi connectivity index (χ2n) is 9.26. The number of para-hydroxylation sites is 1. The van der Waals surface area contributed by atoms with E-state index in [2.05, 4.69) is 29.0 Å². The van der Waals surface area contributed by atoms with Gasteiger partial charge in [0, 0.05) is 32.2 Å². The van der Waals surface area contributed by atoms with Crippen molar-refractivity contribution in [1.82, 2.24) is 19.6 Å². The van der Waals surface area contributed by atoms with Crippen LogP contribution in [0.2, 0.25) is 0 Å². The summed E-state index contributed by atoms with van der Waals surface area (Å²) >= 11 is 1.37. The molecule has 4 heterocycles. The highest BCUT2D eigenvalue weighted by Gasteiger charge is 2.27. The molecule has 5 rings (SSSR count). The van der Waals surface area contributed by atoms with Crippen molar-refractivity contribution in [3.05, 3.63) is 51.9 Å². The molecule has 1 saturated heterocycles. The second kappa shape index (κ2) is 10.1. The zero-order valence-corrected chi connectivity index (χ0v) is 21.4. The number of thiazole rings is 1. The number of rotatable bonds is 8. The summed E-state index contributed by atoms with van der Waals surface area (Å²) < 4.78 is 18.0. The molecule has 0 spiro atoms. The second-order valence-corrected chi connectivity index (χ2v) is 10.3. The highest BCUT2D eigenvalue weighted by molar-refractivity contribution is 7.24. The van der Waals surface area contributed by atoms with Crippen LogP contribution in [0, 0.1) is 5.82 Å². The zero-order chi connectivity index (χ0) is 25.4. The van der Waals surface area contributed by atoms with Gasteiger partial charge in [0.15, 0.2) is 17.3 Å². The third-order valence-corrected chi connectivity index (χ3v) is 7.95. The maximum absolute atomic E-state index is 15.3. The van der Waals surface area contributed by atoms with E-state index in [9.17, 15) is 9.59 Å². The maximum Gasteiger partial charge on any atom is 0.258 e. The Morgan fingerprint density at radius 3 is 2.83 bits per heavy atom. The minimum absolute atomic E-state index is 0.0272. The minimum Gasteiger partial charge on any atom is -0.353 e. The summed E-state index contributed by atoms with van der Waals surface area (Å²) in [6.07, 6.45) is 1.78. The number of nitrogens with one attached hydrogen (secondary N) is 1. The Balaban J connectivity index is 1.65. The summed E-state index contributed by atoms with van der Waals surface area (Å²) in [5.41, 5.74) is 6.73.